The Labute approximate surface area is 108 Å². The first kappa shape index (κ1) is 13.2. The van der Waals surface area contributed by atoms with Gasteiger partial charge in [-0.25, -0.2) is 0 Å². The summed E-state index contributed by atoms with van der Waals surface area (Å²) in [4.78, 5) is 14.1. The number of hydrogen-bond donors (Lipinski definition) is 1. The van der Waals surface area contributed by atoms with Crippen molar-refractivity contribution in [3.05, 3.63) is 0 Å². The van der Waals surface area contributed by atoms with Gasteiger partial charge in [-0.1, -0.05) is 32.1 Å². The molecule has 0 bridgehead atoms. The number of thioether (sulfide) groups is 1. The normalized spacial score (nSPS) is 24.6. The number of carbonyl (C=O) groups is 1. The summed E-state index contributed by atoms with van der Waals surface area (Å²) >= 11 is 1.93. The molecule has 1 heterocycles. The third-order valence-electron chi connectivity index (χ3n) is 3.95. The van der Waals surface area contributed by atoms with Crippen molar-refractivity contribution in [2.45, 2.75) is 44.6 Å². The van der Waals surface area contributed by atoms with Crippen LogP contribution in [-0.4, -0.2) is 41.4 Å². The first-order valence-electron chi connectivity index (χ1n) is 6.89. The maximum absolute atomic E-state index is 12.2. The fourth-order valence-electron chi connectivity index (χ4n) is 2.90. The SMILES string of the molecule is NC(CC1CCCCC1)C(=O)N1CCSCC1. The Morgan fingerprint density at radius 2 is 1.88 bits per heavy atom. The van der Waals surface area contributed by atoms with Crippen molar-refractivity contribution < 1.29 is 4.79 Å². The van der Waals surface area contributed by atoms with Crippen molar-refractivity contribution in [3.8, 4) is 0 Å². The first-order chi connectivity index (χ1) is 8.27. The van der Waals surface area contributed by atoms with Crippen LogP contribution >= 0.6 is 11.8 Å². The smallest absolute Gasteiger partial charge is 0.239 e. The molecule has 0 aromatic heterocycles. The summed E-state index contributed by atoms with van der Waals surface area (Å²) in [6.45, 7) is 1.78. The van der Waals surface area contributed by atoms with Gasteiger partial charge < -0.3 is 10.6 Å². The third-order valence-corrected chi connectivity index (χ3v) is 4.89. The Morgan fingerprint density at radius 3 is 2.53 bits per heavy atom. The standard InChI is InChI=1S/C13H24N2OS/c14-12(10-11-4-2-1-3-5-11)13(16)15-6-8-17-9-7-15/h11-12H,1-10,14H2. The second-order valence-electron chi connectivity index (χ2n) is 5.28. The second-order valence-corrected chi connectivity index (χ2v) is 6.51. The maximum Gasteiger partial charge on any atom is 0.239 e. The van der Waals surface area contributed by atoms with Gasteiger partial charge in [-0.05, 0) is 12.3 Å². The quantitative estimate of drug-likeness (QED) is 0.838. The minimum Gasteiger partial charge on any atom is -0.340 e. The average Bonchev–Trinajstić information content (AvgIpc) is 2.40. The molecule has 1 atom stereocenters. The molecule has 2 N–H and O–H groups in total. The molecule has 17 heavy (non-hydrogen) atoms. The molecule has 1 amide bonds. The van der Waals surface area contributed by atoms with E-state index in [1.165, 1.54) is 32.1 Å². The van der Waals surface area contributed by atoms with Gasteiger partial charge in [-0.2, -0.15) is 11.8 Å². The van der Waals surface area contributed by atoms with Crippen molar-refractivity contribution in [2.75, 3.05) is 24.6 Å². The summed E-state index contributed by atoms with van der Waals surface area (Å²) in [5, 5.41) is 0. The van der Waals surface area contributed by atoms with Gasteiger partial charge in [0.1, 0.15) is 0 Å². The van der Waals surface area contributed by atoms with Crippen LogP contribution < -0.4 is 5.73 Å². The zero-order valence-electron chi connectivity index (χ0n) is 10.6. The van der Waals surface area contributed by atoms with E-state index in [1.807, 2.05) is 16.7 Å². The Kier molecular flexibility index (Phi) is 5.16. The highest BCUT2D eigenvalue weighted by atomic mass is 32.2. The molecule has 0 spiro atoms. The lowest BCUT2D eigenvalue weighted by Gasteiger charge is -2.31. The molecule has 1 aliphatic carbocycles. The Morgan fingerprint density at radius 1 is 1.24 bits per heavy atom. The molecule has 4 heteroatoms. The summed E-state index contributed by atoms with van der Waals surface area (Å²) in [7, 11) is 0. The van der Waals surface area contributed by atoms with E-state index in [0.717, 1.165) is 31.0 Å². The number of amides is 1. The van der Waals surface area contributed by atoms with Crippen LogP contribution in [0.3, 0.4) is 0 Å². The Balaban J connectivity index is 1.77. The zero-order valence-corrected chi connectivity index (χ0v) is 11.4. The van der Waals surface area contributed by atoms with Crippen LogP contribution in [0.4, 0.5) is 0 Å². The van der Waals surface area contributed by atoms with Crippen LogP contribution in [0.2, 0.25) is 0 Å². The number of nitrogens with two attached hydrogens (primary N) is 1. The molecular formula is C13H24N2OS. The predicted molar refractivity (Wildman–Crippen MR) is 73.1 cm³/mol. The van der Waals surface area contributed by atoms with Gasteiger partial charge >= 0.3 is 0 Å². The van der Waals surface area contributed by atoms with Gasteiger partial charge in [-0.15, -0.1) is 0 Å². The molecule has 0 aromatic rings. The molecular weight excluding hydrogens is 232 g/mol. The highest BCUT2D eigenvalue weighted by Gasteiger charge is 2.25. The molecule has 0 aromatic carbocycles. The molecule has 0 radical (unpaired) electrons. The number of nitrogens with zero attached hydrogens (tertiary/aromatic N) is 1. The van der Waals surface area contributed by atoms with Crippen molar-refractivity contribution in [3.63, 3.8) is 0 Å². The van der Waals surface area contributed by atoms with Crippen molar-refractivity contribution >= 4 is 17.7 Å². The molecule has 2 rings (SSSR count). The molecule has 1 saturated carbocycles. The zero-order chi connectivity index (χ0) is 12.1. The largest absolute Gasteiger partial charge is 0.340 e. The fourth-order valence-corrected chi connectivity index (χ4v) is 3.80. The van der Waals surface area contributed by atoms with Crippen molar-refractivity contribution in [1.82, 2.24) is 4.90 Å². The van der Waals surface area contributed by atoms with Gasteiger partial charge in [-0.3, -0.25) is 4.79 Å². The van der Waals surface area contributed by atoms with Gasteiger partial charge in [0.15, 0.2) is 0 Å². The first-order valence-corrected chi connectivity index (χ1v) is 8.05. The van der Waals surface area contributed by atoms with E-state index in [0.29, 0.717) is 5.92 Å². The lowest BCUT2D eigenvalue weighted by molar-refractivity contribution is -0.132. The minimum atomic E-state index is -0.249. The van der Waals surface area contributed by atoms with E-state index in [1.54, 1.807) is 0 Å². The molecule has 2 aliphatic rings. The minimum absolute atomic E-state index is 0.191. The van der Waals surface area contributed by atoms with Gasteiger partial charge in [0, 0.05) is 24.6 Å². The topological polar surface area (TPSA) is 46.3 Å². The summed E-state index contributed by atoms with van der Waals surface area (Å²) in [5.74, 6) is 3.03. The summed E-state index contributed by atoms with van der Waals surface area (Å²) in [6.07, 6.45) is 7.47. The molecule has 1 unspecified atom stereocenters. The van der Waals surface area contributed by atoms with Crippen LogP contribution in [-0.2, 0) is 4.79 Å². The van der Waals surface area contributed by atoms with Gasteiger partial charge in [0.05, 0.1) is 6.04 Å². The molecule has 2 fully saturated rings. The van der Waals surface area contributed by atoms with Crippen molar-refractivity contribution in [2.24, 2.45) is 11.7 Å². The lowest BCUT2D eigenvalue weighted by Crippen LogP contribution is -2.47. The van der Waals surface area contributed by atoms with Gasteiger partial charge in [0.2, 0.25) is 5.91 Å². The van der Waals surface area contributed by atoms with Crippen LogP contribution in [0, 0.1) is 5.92 Å². The Hall–Kier alpha value is -0.220. The summed E-state index contributed by atoms with van der Waals surface area (Å²) < 4.78 is 0. The third kappa shape index (κ3) is 3.88. The summed E-state index contributed by atoms with van der Waals surface area (Å²) in [6, 6.07) is -0.249. The van der Waals surface area contributed by atoms with Crippen LogP contribution in [0.25, 0.3) is 0 Å². The molecule has 1 aliphatic heterocycles. The molecule has 1 saturated heterocycles. The van der Waals surface area contributed by atoms with E-state index in [2.05, 4.69) is 0 Å². The average molecular weight is 256 g/mol. The molecule has 3 nitrogen and oxygen atoms in total. The van der Waals surface area contributed by atoms with Crippen LogP contribution in [0.1, 0.15) is 38.5 Å². The monoisotopic (exact) mass is 256 g/mol. The highest BCUT2D eigenvalue weighted by molar-refractivity contribution is 7.99. The Bertz CT molecular complexity index is 248. The number of carbonyl (C=O) groups excluding carboxylic acids is 1. The van der Waals surface area contributed by atoms with E-state index in [4.69, 9.17) is 5.73 Å². The second kappa shape index (κ2) is 6.64. The maximum atomic E-state index is 12.2. The number of rotatable bonds is 3. The van der Waals surface area contributed by atoms with Crippen LogP contribution in [0.5, 0.6) is 0 Å². The van der Waals surface area contributed by atoms with Crippen molar-refractivity contribution in [1.29, 1.82) is 0 Å². The predicted octanol–water partition coefficient (Wildman–Crippen LogP) is 1.86. The lowest BCUT2D eigenvalue weighted by atomic mass is 9.85. The van der Waals surface area contributed by atoms with E-state index in [9.17, 15) is 4.79 Å². The summed E-state index contributed by atoms with van der Waals surface area (Å²) in [5.41, 5.74) is 6.08. The van der Waals surface area contributed by atoms with Crippen LogP contribution in [0.15, 0.2) is 0 Å². The molecule has 98 valence electrons. The van der Waals surface area contributed by atoms with E-state index in [-0.39, 0.29) is 11.9 Å². The fraction of sp³-hybridized carbons (Fsp3) is 0.923. The van der Waals surface area contributed by atoms with E-state index < -0.39 is 0 Å². The van der Waals surface area contributed by atoms with Gasteiger partial charge in [0.25, 0.3) is 0 Å². The highest BCUT2D eigenvalue weighted by Crippen LogP contribution is 2.27. The van der Waals surface area contributed by atoms with E-state index >= 15 is 0 Å². The number of hydrogen-bond acceptors (Lipinski definition) is 3.